The first-order valence-electron chi connectivity index (χ1n) is 9.67. The molecular weight excluding hydrogens is 344 g/mol. The van der Waals surface area contributed by atoms with Gasteiger partial charge in [0.15, 0.2) is 5.82 Å². The lowest BCUT2D eigenvalue weighted by Gasteiger charge is -2.27. The molecule has 1 aromatic rings. The highest BCUT2D eigenvalue weighted by molar-refractivity contribution is 6.10. The summed E-state index contributed by atoms with van der Waals surface area (Å²) in [5, 5.41) is 9.80. The fourth-order valence-electron chi connectivity index (χ4n) is 3.82. The molecule has 1 fully saturated rings. The van der Waals surface area contributed by atoms with Gasteiger partial charge in [0.2, 0.25) is 17.7 Å². The van der Waals surface area contributed by atoms with Crippen molar-refractivity contribution in [2.45, 2.75) is 58.9 Å². The van der Waals surface area contributed by atoms with Crippen LogP contribution in [0.2, 0.25) is 0 Å². The van der Waals surface area contributed by atoms with Gasteiger partial charge in [0.05, 0.1) is 11.8 Å². The predicted molar refractivity (Wildman–Crippen MR) is 102 cm³/mol. The van der Waals surface area contributed by atoms with Gasteiger partial charge in [0.25, 0.3) is 0 Å². The van der Waals surface area contributed by atoms with Gasteiger partial charge in [-0.25, -0.2) is 0 Å². The first kappa shape index (κ1) is 19.3. The average Bonchev–Trinajstić information content (AvgIpc) is 3.17. The lowest BCUT2D eigenvalue weighted by atomic mass is 9.85. The minimum Gasteiger partial charge on any atom is -0.307 e. The summed E-state index contributed by atoms with van der Waals surface area (Å²) in [6.07, 6.45) is 5.46. The molecule has 0 aromatic carbocycles. The Labute approximate surface area is 159 Å². The molecule has 3 unspecified atom stereocenters. The number of hydrogen-bond donors (Lipinski definition) is 2. The van der Waals surface area contributed by atoms with E-state index >= 15 is 0 Å². The number of rotatable bonds is 6. The van der Waals surface area contributed by atoms with Crippen LogP contribution in [0.4, 0.5) is 5.82 Å². The zero-order valence-electron chi connectivity index (χ0n) is 16.4. The van der Waals surface area contributed by atoms with E-state index in [2.05, 4.69) is 15.5 Å². The van der Waals surface area contributed by atoms with Crippen molar-refractivity contribution < 1.29 is 14.4 Å². The molecule has 3 atom stereocenters. The van der Waals surface area contributed by atoms with Crippen LogP contribution in [0.15, 0.2) is 18.2 Å². The topological polar surface area (TPSA) is 95.2 Å². The molecule has 146 valence electrons. The third-order valence-electron chi connectivity index (χ3n) is 5.32. The Balaban J connectivity index is 1.81. The highest BCUT2D eigenvalue weighted by Gasteiger charge is 2.51. The van der Waals surface area contributed by atoms with Gasteiger partial charge >= 0.3 is 0 Å². The number of carbonyl (C=O) groups excluding carboxylic acids is 3. The van der Waals surface area contributed by atoms with Gasteiger partial charge in [-0.1, -0.05) is 39.8 Å². The molecule has 27 heavy (non-hydrogen) atoms. The summed E-state index contributed by atoms with van der Waals surface area (Å²) < 4.78 is 0. The molecule has 7 heteroatoms. The molecule has 1 aromatic heterocycles. The molecule has 1 saturated heterocycles. The minimum atomic E-state index is -0.810. The molecule has 0 spiro atoms. The summed E-state index contributed by atoms with van der Waals surface area (Å²) in [5.41, 5.74) is 0.913. The van der Waals surface area contributed by atoms with Gasteiger partial charge in [-0.2, -0.15) is 5.10 Å². The zero-order valence-corrected chi connectivity index (χ0v) is 16.4. The maximum Gasteiger partial charge on any atom is 0.248 e. The predicted octanol–water partition coefficient (Wildman–Crippen LogP) is 2.84. The van der Waals surface area contributed by atoms with E-state index in [1.165, 1.54) is 4.90 Å². The summed E-state index contributed by atoms with van der Waals surface area (Å²) in [5.74, 6) is -0.639. The Hall–Kier alpha value is -2.44. The van der Waals surface area contributed by atoms with E-state index in [1.54, 1.807) is 6.07 Å². The van der Waals surface area contributed by atoms with Gasteiger partial charge in [-0.05, 0) is 31.1 Å². The van der Waals surface area contributed by atoms with Gasteiger partial charge in [0, 0.05) is 11.8 Å². The van der Waals surface area contributed by atoms with Crippen molar-refractivity contribution in [1.29, 1.82) is 0 Å². The molecule has 0 saturated carbocycles. The van der Waals surface area contributed by atoms with E-state index in [0.29, 0.717) is 25.1 Å². The summed E-state index contributed by atoms with van der Waals surface area (Å²) >= 11 is 0. The van der Waals surface area contributed by atoms with Crippen molar-refractivity contribution in [1.82, 2.24) is 15.1 Å². The number of allylic oxidation sites excluding steroid dienone is 2. The van der Waals surface area contributed by atoms with Crippen LogP contribution in [0.3, 0.4) is 0 Å². The number of hydrogen-bond acceptors (Lipinski definition) is 4. The Morgan fingerprint density at radius 2 is 1.78 bits per heavy atom. The van der Waals surface area contributed by atoms with Crippen molar-refractivity contribution in [3.8, 4) is 0 Å². The second-order valence-corrected chi connectivity index (χ2v) is 8.20. The van der Waals surface area contributed by atoms with Gasteiger partial charge < -0.3 is 5.32 Å². The molecular formula is C20H28N4O3. The third kappa shape index (κ3) is 3.82. The molecule has 2 heterocycles. The number of anilines is 1. The molecule has 3 amide bonds. The Kier molecular flexibility index (Phi) is 5.48. The van der Waals surface area contributed by atoms with Crippen LogP contribution < -0.4 is 5.32 Å². The Bertz CT molecular complexity index is 739. The van der Waals surface area contributed by atoms with Crippen LogP contribution in [-0.2, 0) is 14.4 Å². The number of nitrogens with one attached hydrogen (secondary N) is 2. The lowest BCUT2D eigenvalue weighted by molar-refractivity contribution is -0.147. The summed E-state index contributed by atoms with van der Waals surface area (Å²) in [6.45, 7) is 8.01. The van der Waals surface area contributed by atoms with Crippen molar-refractivity contribution >= 4 is 23.5 Å². The maximum atomic E-state index is 13.0. The largest absolute Gasteiger partial charge is 0.307 e. The van der Waals surface area contributed by atoms with E-state index in [0.717, 1.165) is 5.69 Å². The van der Waals surface area contributed by atoms with Crippen molar-refractivity contribution in [3.63, 3.8) is 0 Å². The third-order valence-corrected chi connectivity index (χ3v) is 5.32. The van der Waals surface area contributed by atoms with Crippen LogP contribution in [0.5, 0.6) is 0 Å². The first-order chi connectivity index (χ1) is 12.8. The van der Waals surface area contributed by atoms with Crippen LogP contribution in [0.1, 0.15) is 58.6 Å². The van der Waals surface area contributed by atoms with Gasteiger partial charge in [-0.15, -0.1) is 0 Å². The van der Waals surface area contributed by atoms with E-state index in [-0.39, 0.29) is 41.4 Å². The maximum absolute atomic E-state index is 13.0. The fourth-order valence-corrected chi connectivity index (χ4v) is 3.82. The van der Waals surface area contributed by atoms with Crippen LogP contribution >= 0.6 is 0 Å². The Morgan fingerprint density at radius 3 is 2.26 bits per heavy atom. The second-order valence-electron chi connectivity index (χ2n) is 8.20. The molecule has 0 bridgehead atoms. The lowest BCUT2D eigenvalue weighted by Crippen LogP contribution is -2.48. The van der Waals surface area contributed by atoms with Crippen molar-refractivity contribution in [2.75, 3.05) is 5.32 Å². The van der Waals surface area contributed by atoms with Gasteiger partial charge in [-0.3, -0.25) is 24.4 Å². The SMILES string of the molecule is CC(C)CC(C(=O)Nc1cc(C(C)C)[nH]n1)N1C(=O)C2CC=CCC2C1=O. The first-order valence-corrected chi connectivity index (χ1v) is 9.67. The molecule has 2 N–H and O–H groups in total. The minimum absolute atomic E-state index is 0.160. The number of aromatic amines is 1. The zero-order chi connectivity index (χ0) is 19.7. The highest BCUT2D eigenvalue weighted by atomic mass is 16.2. The van der Waals surface area contributed by atoms with Crippen LogP contribution in [-0.4, -0.2) is 38.9 Å². The molecule has 0 radical (unpaired) electrons. The number of amides is 3. The smallest absolute Gasteiger partial charge is 0.248 e. The summed E-state index contributed by atoms with van der Waals surface area (Å²) in [6, 6.07) is 0.974. The number of likely N-dealkylation sites (tertiary alicyclic amines) is 1. The molecule has 3 rings (SSSR count). The number of fused-ring (bicyclic) bond motifs is 1. The standard InChI is InChI=1S/C20H28N4O3/c1-11(2)9-16(18(25)21-17-10-15(12(3)4)22-23-17)24-19(26)13-7-5-6-8-14(13)20(24)27/h5-6,10-14,16H,7-9H2,1-4H3,(H2,21,22,23,25). The number of aromatic nitrogens is 2. The highest BCUT2D eigenvalue weighted by Crippen LogP contribution is 2.37. The summed E-state index contributed by atoms with van der Waals surface area (Å²) in [4.78, 5) is 40.0. The molecule has 1 aliphatic heterocycles. The fraction of sp³-hybridized carbons (Fsp3) is 0.600. The van der Waals surface area contributed by atoms with Crippen molar-refractivity contribution in [3.05, 3.63) is 23.9 Å². The van der Waals surface area contributed by atoms with E-state index in [4.69, 9.17) is 0 Å². The number of H-pyrrole nitrogens is 1. The van der Waals surface area contributed by atoms with E-state index in [1.807, 2.05) is 39.8 Å². The van der Waals surface area contributed by atoms with Gasteiger partial charge in [0.1, 0.15) is 6.04 Å². The van der Waals surface area contributed by atoms with Crippen LogP contribution in [0.25, 0.3) is 0 Å². The average molecular weight is 372 g/mol. The van der Waals surface area contributed by atoms with Crippen LogP contribution in [0, 0.1) is 17.8 Å². The Morgan fingerprint density at radius 1 is 1.19 bits per heavy atom. The normalized spacial score (nSPS) is 23.3. The monoisotopic (exact) mass is 372 g/mol. The van der Waals surface area contributed by atoms with E-state index in [9.17, 15) is 14.4 Å². The number of nitrogens with zero attached hydrogens (tertiary/aromatic N) is 2. The quantitative estimate of drug-likeness (QED) is 0.593. The molecule has 1 aliphatic carbocycles. The summed E-state index contributed by atoms with van der Waals surface area (Å²) in [7, 11) is 0. The molecule has 2 aliphatic rings. The van der Waals surface area contributed by atoms with E-state index < -0.39 is 6.04 Å². The second kappa shape index (κ2) is 7.66. The van der Waals surface area contributed by atoms with Crippen molar-refractivity contribution in [2.24, 2.45) is 17.8 Å². The molecule has 7 nitrogen and oxygen atoms in total. The number of carbonyl (C=O) groups is 3. The number of imide groups is 1.